The topological polar surface area (TPSA) is 9.23 Å². The van der Waals surface area contributed by atoms with Gasteiger partial charge in [-0.05, 0) is 63.8 Å². The Morgan fingerprint density at radius 2 is 1.95 bits per heavy atom. The molecule has 0 heterocycles. The van der Waals surface area contributed by atoms with Gasteiger partial charge in [0.15, 0.2) is 0 Å². The maximum atomic E-state index is 13.5. The molecule has 0 aromatic heterocycles. The second-order valence-corrected chi connectivity index (χ2v) is 5.55. The fourth-order valence-corrected chi connectivity index (χ4v) is 2.54. The van der Waals surface area contributed by atoms with Crippen LogP contribution in [-0.4, -0.2) is 7.11 Å². The Hall–Kier alpha value is -1.06. The summed E-state index contributed by atoms with van der Waals surface area (Å²) in [6.45, 7) is 1.96. The molecule has 0 radical (unpaired) electrons. The molecule has 4 heteroatoms. The van der Waals surface area contributed by atoms with Gasteiger partial charge in [0.25, 0.3) is 0 Å². The zero-order valence-corrected chi connectivity index (χ0v) is 12.9. The average Bonchev–Trinajstić information content (AvgIpc) is 2.41. The van der Waals surface area contributed by atoms with Gasteiger partial charge in [0.1, 0.15) is 11.6 Å². The minimum atomic E-state index is -0.381. The summed E-state index contributed by atoms with van der Waals surface area (Å²) < 4.78 is 19.1. The summed E-state index contributed by atoms with van der Waals surface area (Å²) in [7, 11) is 1.62. The van der Waals surface area contributed by atoms with E-state index in [9.17, 15) is 4.39 Å². The van der Waals surface area contributed by atoms with E-state index in [0.717, 1.165) is 22.4 Å². The van der Waals surface area contributed by atoms with Crippen LogP contribution in [0.2, 0.25) is 0 Å². The molecule has 2 rings (SSSR count). The van der Waals surface area contributed by atoms with Gasteiger partial charge >= 0.3 is 0 Å². The minimum Gasteiger partial charge on any atom is -0.497 e. The van der Waals surface area contributed by atoms with Gasteiger partial charge in [-0.3, -0.25) is 0 Å². The summed E-state index contributed by atoms with van der Waals surface area (Å²) in [5.74, 6) is 0.474. The Kier molecular flexibility index (Phi) is 4.48. The number of aryl methyl sites for hydroxylation is 1. The third kappa shape index (κ3) is 3.10. The lowest BCUT2D eigenvalue weighted by Crippen LogP contribution is -1.98. The van der Waals surface area contributed by atoms with Crippen LogP contribution in [0, 0.1) is 12.7 Å². The molecule has 0 aliphatic carbocycles. The SMILES string of the molecule is COc1ccc(C(Cl)c2ccc(Br)c(F)c2)c(C)c1. The molecule has 0 amide bonds. The zero-order chi connectivity index (χ0) is 14.0. The molecule has 1 nitrogen and oxygen atoms in total. The van der Waals surface area contributed by atoms with Crippen molar-refractivity contribution >= 4 is 27.5 Å². The van der Waals surface area contributed by atoms with Crippen molar-refractivity contribution in [2.24, 2.45) is 0 Å². The van der Waals surface area contributed by atoms with Gasteiger partial charge in [0.05, 0.1) is 17.0 Å². The van der Waals surface area contributed by atoms with E-state index in [1.54, 1.807) is 13.2 Å². The second-order valence-electron chi connectivity index (χ2n) is 4.26. The standard InChI is InChI=1S/C15H13BrClFO/c1-9-7-11(19-2)4-5-12(9)15(17)10-3-6-13(16)14(18)8-10/h3-8,15H,1-2H3. The van der Waals surface area contributed by atoms with Crippen molar-refractivity contribution in [3.05, 3.63) is 63.4 Å². The van der Waals surface area contributed by atoms with E-state index in [2.05, 4.69) is 15.9 Å². The molecule has 2 aromatic rings. The molecule has 0 N–H and O–H groups in total. The largest absolute Gasteiger partial charge is 0.497 e. The Labute approximate surface area is 125 Å². The second kappa shape index (κ2) is 5.93. The summed E-state index contributed by atoms with van der Waals surface area (Å²) >= 11 is 9.57. The van der Waals surface area contributed by atoms with Crippen LogP contribution in [0.1, 0.15) is 22.1 Å². The number of halogens is 3. The Bertz CT molecular complexity index is 601. The maximum absolute atomic E-state index is 13.5. The highest BCUT2D eigenvalue weighted by atomic mass is 79.9. The van der Waals surface area contributed by atoms with E-state index in [0.29, 0.717) is 4.47 Å². The molecule has 0 bridgehead atoms. The van der Waals surface area contributed by atoms with Gasteiger partial charge in [0, 0.05) is 0 Å². The van der Waals surface area contributed by atoms with Crippen LogP contribution in [0.3, 0.4) is 0 Å². The smallest absolute Gasteiger partial charge is 0.137 e. The molecule has 100 valence electrons. The summed E-state index contributed by atoms with van der Waals surface area (Å²) in [6, 6.07) is 10.6. The molecule has 0 aliphatic rings. The predicted molar refractivity (Wildman–Crippen MR) is 79.5 cm³/mol. The molecule has 0 fully saturated rings. The van der Waals surface area contributed by atoms with E-state index in [-0.39, 0.29) is 11.2 Å². The van der Waals surface area contributed by atoms with E-state index < -0.39 is 0 Å². The Balaban J connectivity index is 2.38. The number of hydrogen-bond acceptors (Lipinski definition) is 1. The first-order valence-corrected chi connectivity index (χ1v) is 6.99. The van der Waals surface area contributed by atoms with E-state index >= 15 is 0 Å². The van der Waals surface area contributed by atoms with Gasteiger partial charge < -0.3 is 4.74 Å². The van der Waals surface area contributed by atoms with Crippen LogP contribution in [0.4, 0.5) is 4.39 Å². The highest BCUT2D eigenvalue weighted by Crippen LogP contribution is 2.33. The quantitative estimate of drug-likeness (QED) is 0.693. The molecule has 0 spiro atoms. The number of benzene rings is 2. The lowest BCUT2D eigenvalue weighted by Gasteiger charge is -2.14. The normalized spacial score (nSPS) is 12.3. The third-order valence-electron chi connectivity index (χ3n) is 2.99. The van der Waals surface area contributed by atoms with Crippen molar-refractivity contribution in [1.29, 1.82) is 0 Å². The van der Waals surface area contributed by atoms with Crippen LogP contribution in [0.15, 0.2) is 40.9 Å². The fourth-order valence-electron chi connectivity index (χ4n) is 1.91. The molecule has 0 aliphatic heterocycles. The van der Waals surface area contributed by atoms with Crippen LogP contribution in [-0.2, 0) is 0 Å². The van der Waals surface area contributed by atoms with Crippen molar-refractivity contribution in [1.82, 2.24) is 0 Å². The highest BCUT2D eigenvalue weighted by Gasteiger charge is 2.15. The number of hydrogen-bond donors (Lipinski definition) is 0. The highest BCUT2D eigenvalue weighted by molar-refractivity contribution is 9.10. The monoisotopic (exact) mass is 342 g/mol. The van der Waals surface area contributed by atoms with E-state index in [1.165, 1.54) is 6.07 Å². The van der Waals surface area contributed by atoms with Crippen molar-refractivity contribution in [2.45, 2.75) is 12.3 Å². The fraction of sp³-hybridized carbons (Fsp3) is 0.200. The van der Waals surface area contributed by atoms with Crippen LogP contribution >= 0.6 is 27.5 Å². The summed E-state index contributed by atoms with van der Waals surface area (Å²) in [6.07, 6.45) is 0. The number of ether oxygens (including phenoxy) is 1. The summed E-state index contributed by atoms with van der Waals surface area (Å²) in [5, 5.41) is -0.381. The Morgan fingerprint density at radius 1 is 1.21 bits per heavy atom. The number of methoxy groups -OCH3 is 1. The van der Waals surface area contributed by atoms with Gasteiger partial charge in [-0.2, -0.15) is 0 Å². The lowest BCUT2D eigenvalue weighted by molar-refractivity contribution is 0.414. The van der Waals surface area contributed by atoms with Crippen molar-refractivity contribution in [2.75, 3.05) is 7.11 Å². The maximum Gasteiger partial charge on any atom is 0.137 e. The predicted octanol–water partition coefficient (Wildman–Crippen LogP) is 5.23. The van der Waals surface area contributed by atoms with Crippen molar-refractivity contribution < 1.29 is 9.13 Å². The molecule has 0 saturated heterocycles. The van der Waals surface area contributed by atoms with Crippen LogP contribution in [0.25, 0.3) is 0 Å². The zero-order valence-electron chi connectivity index (χ0n) is 10.6. The van der Waals surface area contributed by atoms with E-state index in [4.69, 9.17) is 16.3 Å². The van der Waals surface area contributed by atoms with Gasteiger partial charge in [-0.15, -0.1) is 11.6 Å². The first-order valence-electron chi connectivity index (χ1n) is 5.76. The average molecular weight is 344 g/mol. The third-order valence-corrected chi connectivity index (χ3v) is 4.12. The Morgan fingerprint density at radius 3 is 2.53 bits per heavy atom. The van der Waals surface area contributed by atoms with Gasteiger partial charge in [-0.25, -0.2) is 4.39 Å². The number of rotatable bonds is 3. The molecule has 0 saturated carbocycles. The molecular weight excluding hydrogens is 331 g/mol. The van der Waals surface area contributed by atoms with Crippen molar-refractivity contribution in [3.8, 4) is 5.75 Å². The lowest BCUT2D eigenvalue weighted by atomic mass is 10.00. The summed E-state index contributed by atoms with van der Waals surface area (Å²) in [4.78, 5) is 0. The van der Waals surface area contributed by atoms with Gasteiger partial charge in [-0.1, -0.05) is 12.1 Å². The number of alkyl halides is 1. The first kappa shape index (κ1) is 14.4. The summed E-state index contributed by atoms with van der Waals surface area (Å²) in [5.41, 5.74) is 2.70. The first-order chi connectivity index (χ1) is 9.02. The molecular formula is C15H13BrClFO. The molecule has 2 aromatic carbocycles. The molecule has 19 heavy (non-hydrogen) atoms. The van der Waals surface area contributed by atoms with Crippen LogP contribution < -0.4 is 4.74 Å². The van der Waals surface area contributed by atoms with E-state index in [1.807, 2.05) is 31.2 Å². The molecule has 1 atom stereocenters. The molecule has 1 unspecified atom stereocenters. The van der Waals surface area contributed by atoms with Gasteiger partial charge in [0.2, 0.25) is 0 Å². The van der Waals surface area contributed by atoms with Crippen molar-refractivity contribution in [3.63, 3.8) is 0 Å². The minimum absolute atomic E-state index is 0.311. The van der Waals surface area contributed by atoms with Crippen LogP contribution in [0.5, 0.6) is 5.75 Å².